The number of aryl methyl sites for hydroxylation is 1. The molecule has 3 rings (SSSR count). The molecule has 0 amide bonds. The Morgan fingerprint density at radius 3 is 2.81 bits per heavy atom. The Kier molecular flexibility index (Phi) is 5.72. The number of nitrogens with one attached hydrogen (secondary N) is 1. The lowest BCUT2D eigenvalue weighted by Crippen LogP contribution is -2.39. The summed E-state index contributed by atoms with van der Waals surface area (Å²) < 4.78 is 5.61. The molecular weight excluding hydrogens is 282 g/mol. The van der Waals surface area contributed by atoms with E-state index in [-0.39, 0.29) is 12.4 Å². The molecule has 0 saturated heterocycles. The van der Waals surface area contributed by atoms with Crippen molar-refractivity contribution in [2.45, 2.75) is 44.1 Å². The second kappa shape index (κ2) is 7.33. The summed E-state index contributed by atoms with van der Waals surface area (Å²) in [6.07, 6.45) is 8.28. The molecular formula is C18H26ClNO. The highest BCUT2D eigenvalue weighted by molar-refractivity contribution is 5.85. The Morgan fingerprint density at radius 2 is 2.14 bits per heavy atom. The van der Waals surface area contributed by atoms with Crippen LogP contribution in [-0.2, 0) is 6.42 Å². The van der Waals surface area contributed by atoms with Crippen molar-refractivity contribution in [2.75, 3.05) is 13.7 Å². The van der Waals surface area contributed by atoms with E-state index in [1.165, 1.54) is 36.9 Å². The van der Waals surface area contributed by atoms with Crippen molar-refractivity contribution >= 4 is 12.4 Å². The minimum absolute atomic E-state index is 0. The molecule has 116 valence electrons. The van der Waals surface area contributed by atoms with E-state index in [4.69, 9.17) is 4.74 Å². The van der Waals surface area contributed by atoms with Gasteiger partial charge in [0.25, 0.3) is 0 Å². The standard InChI is InChI=1S/C18H25NO.ClH/c1-3-5-15-16(19-12-13-8-9-13)11-10-14-6-4-7-17(20-2)18(14)15;/h3-4,6-7,13,15-16,19H,1,5,8-12H2,2H3;1H/t15-,16+;/m0./s1. The first-order valence-corrected chi connectivity index (χ1v) is 7.83. The van der Waals surface area contributed by atoms with E-state index in [1.54, 1.807) is 7.11 Å². The molecule has 3 heteroatoms. The van der Waals surface area contributed by atoms with Gasteiger partial charge in [-0.25, -0.2) is 0 Å². The van der Waals surface area contributed by atoms with Crippen molar-refractivity contribution in [3.63, 3.8) is 0 Å². The van der Waals surface area contributed by atoms with Crippen molar-refractivity contribution < 1.29 is 4.74 Å². The van der Waals surface area contributed by atoms with E-state index in [9.17, 15) is 0 Å². The summed E-state index contributed by atoms with van der Waals surface area (Å²) >= 11 is 0. The summed E-state index contributed by atoms with van der Waals surface area (Å²) in [7, 11) is 1.78. The molecule has 2 atom stereocenters. The third-order valence-corrected chi connectivity index (χ3v) is 4.74. The average molecular weight is 308 g/mol. The van der Waals surface area contributed by atoms with Gasteiger partial charge in [0.2, 0.25) is 0 Å². The first kappa shape index (κ1) is 16.4. The molecule has 0 bridgehead atoms. The fourth-order valence-corrected chi connectivity index (χ4v) is 3.47. The second-order valence-electron chi connectivity index (χ2n) is 6.16. The molecule has 1 N–H and O–H groups in total. The minimum atomic E-state index is 0. The molecule has 0 aromatic heterocycles. The van der Waals surface area contributed by atoms with E-state index in [0.717, 1.165) is 24.5 Å². The number of rotatable bonds is 6. The summed E-state index contributed by atoms with van der Waals surface area (Å²) in [5, 5.41) is 3.81. The molecule has 2 aliphatic rings. The summed E-state index contributed by atoms with van der Waals surface area (Å²) in [6, 6.07) is 7.03. The van der Waals surface area contributed by atoms with Gasteiger partial charge in [0.05, 0.1) is 7.11 Å². The molecule has 2 aliphatic carbocycles. The maximum atomic E-state index is 5.61. The molecule has 1 saturated carbocycles. The number of halogens is 1. The minimum Gasteiger partial charge on any atom is -0.496 e. The SMILES string of the molecule is C=CC[C@@H]1c2c(cccc2OC)CC[C@H]1NCC1CC1.Cl. The van der Waals surface area contributed by atoms with Crippen molar-refractivity contribution in [1.29, 1.82) is 0 Å². The second-order valence-corrected chi connectivity index (χ2v) is 6.16. The summed E-state index contributed by atoms with van der Waals surface area (Å²) in [4.78, 5) is 0. The Morgan fingerprint density at radius 1 is 1.33 bits per heavy atom. The highest BCUT2D eigenvalue weighted by Crippen LogP contribution is 2.40. The molecule has 0 radical (unpaired) electrons. The summed E-state index contributed by atoms with van der Waals surface area (Å²) in [6.45, 7) is 5.14. The number of benzene rings is 1. The normalized spacial score (nSPS) is 23.9. The van der Waals surface area contributed by atoms with Crippen LogP contribution in [0.4, 0.5) is 0 Å². The smallest absolute Gasteiger partial charge is 0.122 e. The highest BCUT2D eigenvalue weighted by atomic mass is 35.5. The molecule has 0 heterocycles. The van der Waals surface area contributed by atoms with E-state index in [2.05, 4.69) is 36.2 Å². The number of fused-ring (bicyclic) bond motifs is 1. The van der Waals surface area contributed by atoms with Crippen LogP contribution in [0.1, 0.15) is 42.7 Å². The fourth-order valence-electron chi connectivity index (χ4n) is 3.47. The van der Waals surface area contributed by atoms with Gasteiger partial charge in [-0.1, -0.05) is 18.2 Å². The molecule has 0 aliphatic heterocycles. The quantitative estimate of drug-likeness (QED) is 0.799. The van der Waals surface area contributed by atoms with Crippen molar-refractivity contribution in [3.05, 3.63) is 42.0 Å². The predicted molar refractivity (Wildman–Crippen MR) is 90.6 cm³/mol. The zero-order valence-electron chi connectivity index (χ0n) is 12.8. The van der Waals surface area contributed by atoms with Crippen LogP contribution in [0.15, 0.2) is 30.9 Å². The lowest BCUT2D eigenvalue weighted by atomic mass is 9.77. The first-order chi connectivity index (χ1) is 9.83. The van der Waals surface area contributed by atoms with E-state index < -0.39 is 0 Å². The van der Waals surface area contributed by atoms with Crippen LogP contribution >= 0.6 is 12.4 Å². The Bertz CT molecular complexity index is 470. The number of allylic oxidation sites excluding steroid dienone is 1. The van der Waals surface area contributed by atoms with Crippen molar-refractivity contribution in [2.24, 2.45) is 5.92 Å². The molecule has 1 aromatic carbocycles. The average Bonchev–Trinajstić information content (AvgIpc) is 3.30. The van der Waals surface area contributed by atoms with Gasteiger partial charge in [-0.2, -0.15) is 0 Å². The number of ether oxygens (including phenoxy) is 1. The maximum Gasteiger partial charge on any atom is 0.122 e. The predicted octanol–water partition coefficient (Wildman–Crippen LogP) is 4.09. The number of hydrogen-bond acceptors (Lipinski definition) is 2. The van der Waals surface area contributed by atoms with Crippen LogP contribution in [0.3, 0.4) is 0 Å². The molecule has 2 nitrogen and oxygen atoms in total. The van der Waals surface area contributed by atoms with Crippen LogP contribution in [0.5, 0.6) is 5.75 Å². The zero-order valence-corrected chi connectivity index (χ0v) is 13.6. The summed E-state index contributed by atoms with van der Waals surface area (Å²) in [5.74, 6) is 2.48. The van der Waals surface area contributed by atoms with Gasteiger partial charge in [-0.15, -0.1) is 19.0 Å². The monoisotopic (exact) mass is 307 g/mol. The zero-order chi connectivity index (χ0) is 13.9. The molecule has 1 aromatic rings. The number of methoxy groups -OCH3 is 1. The highest BCUT2D eigenvalue weighted by Gasteiger charge is 2.32. The van der Waals surface area contributed by atoms with Gasteiger partial charge in [0.1, 0.15) is 5.75 Å². The fraction of sp³-hybridized carbons (Fsp3) is 0.556. The van der Waals surface area contributed by atoms with E-state index in [0.29, 0.717) is 12.0 Å². The molecule has 0 unspecified atom stereocenters. The first-order valence-electron chi connectivity index (χ1n) is 7.83. The van der Waals surface area contributed by atoms with Crippen molar-refractivity contribution in [1.82, 2.24) is 5.32 Å². The Balaban J connectivity index is 0.00000161. The summed E-state index contributed by atoms with van der Waals surface area (Å²) in [5.41, 5.74) is 2.87. The topological polar surface area (TPSA) is 21.3 Å². The molecule has 21 heavy (non-hydrogen) atoms. The van der Waals surface area contributed by atoms with Crippen LogP contribution in [0, 0.1) is 5.92 Å². The van der Waals surface area contributed by atoms with Gasteiger partial charge in [-0.3, -0.25) is 0 Å². The lowest BCUT2D eigenvalue weighted by Gasteiger charge is -2.35. The van der Waals surface area contributed by atoms with Crippen molar-refractivity contribution in [3.8, 4) is 5.75 Å². The van der Waals surface area contributed by atoms with Crippen LogP contribution < -0.4 is 10.1 Å². The van der Waals surface area contributed by atoms with Crippen LogP contribution in [-0.4, -0.2) is 19.7 Å². The largest absolute Gasteiger partial charge is 0.496 e. The van der Waals surface area contributed by atoms with Crippen LogP contribution in [0.25, 0.3) is 0 Å². The van der Waals surface area contributed by atoms with Crippen LogP contribution in [0.2, 0.25) is 0 Å². The lowest BCUT2D eigenvalue weighted by molar-refractivity contribution is 0.356. The Hall–Kier alpha value is -0.990. The van der Waals surface area contributed by atoms with Gasteiger partial charge in [-0.05, 0) is 56.2 Å². The van der Waals surface area contributed by atoms with Gasteiger partial charge in [0, 0.05) is 17.5 Å². The maximum absolute atomic E-state index is 5.61. The van der Waals surface area contributed by atoms with E-state index >= 15 is 0 Å². The Labute approximate surface area is 134 Å². The molecule has 1 fully saturated rings. The molecule has 0 spiro atoms. The van der Waals surface area contributed by atoms with E-state index in [1.807, 2.05) is 0 Å². The third-order valence-electron chi connectivity index (χ3n) is 4.74. The van der Waals surface area contributed by atoms with Gasteiger partial charge in [0.15, 0.2) is 0 Å². The van der Waals surface area contributed by atoms with Gasteiger partial charge < -0.3 is 10.1 Å². The van der Waals surface area contributed by atoms with Gasteiger partial charge >= 0.3 is 0 Å². The number of hydrogen-bond donors (Lipinski definition) is 1. The third kappa shape index (κ3) is 3.61.